The fourth-order valence-electron chi connectivity index (χ4n) is 1.47. The van der Waals surface area contributed by atoms with E-state index >= 15 is 0 Å². The number of nitriles is 1. The first-order chi connectivity index (χ1) is 7.19. The van der Waals surface area contributed by atoms with E-state index in [1.165, 1.54) is 0 Å². The zero-order valence-corrected chi connectivity index (χ0v) is 10.1. The normalized spacial score (nSPS) is 9.73. The number of thioether (sulfide) groups is 1. The van der Waals surface area contributed by atoms with Crippen LogP contribution >= 0.6 is 11.8 Å². The molecule has 0 atom stereocenters. The van der Waals surface area contributed by atoms with Gasteiger partial charge in [-0.25, -0.2) is 0 Å². The molecule has 0 fully saturated rings. The molecule has 1 rings (SSSR count). The summed E-state index contributed by atoms with van der Waals surface area (Å²) in [7, 11) is 0. The predicted molar refractivity (Wildman–Crippen MR) is 64.5 cm³/mol. The molecule has 0 spiro atoms. The summed E-state index contributed by atoms with van der Waals surface area (Å²) in [4.78, 5) is 0. The van der Waals surface area contributed by atoms with Crippen LogP contribution in [0.2, 0.25) is 0 Å². The van der Waals surface area contributed by atoms with Gasteiger partial charge >= 0.3 is 0 Å². The molecule has 0 bridgehead atoms. The molecule has 0 N–H and O–H groups in total. The molecule has 0 aliphatic carbocycles. The van der Waals surface area contributed by atoms with Crippen LogP contribution in [0.5, 0.6) is 5.75 Å². The van der Waals surface area contributed by atoms with E-state index in [0.717, 1.165) is 29.2 Å². The Morgan fingerprint density at radius 1 is 1.33 bits per heavy atom. The zero-order valence-electron chi connectivity index (χ0n) is 9.33. The maximum absolute atomic E-state index is 8.80. The van der Waals surface area contributed by atoms with Crippen LogP contribution in [0.1, 0.15) is 16.7 Å². The minimum Gasteiger partial charge on any atom is -0.492 e. The number of aryl methyl sites for hydroxylation is 2. The first-order valence-corrected chi connectivity index (χ1v) is 6.21. The number of rotatable bonds is 4. The first kappa shape index (κ1) is 11.9. The Kier molecular flexibility index (Phi) is 4.51. The van der Waals surface area contributed by atoms with E-state index < -0.39 is 0 Å². The van der Waals surface area contributed by atoms with Crippen LogP contribution < -0.4 is 4.74 Å². The van der Waals surface area contributed by atoms with E-state index in [9.17, 15) is 0 Å². The lowest BCUT2D eigenvalue weighted by Crippen LogP contribution is -2.03. The third-order valence-electron chi connectivity index (χ3n) is 2.12. The van der Waals surface area contributed by atoms with E-state index in [-0.39, 0.29) is 0 Å². The van der Waals surface area contributed by atoms with Crippen molar-refractivity contribution >= 4 is 11.8 Å². The molecule has 0 unspecified atom stereocenters. The molecule has 0 aliphatic heterocycles. The van der Waals surface area contributed by atoms with E-state index in [0.29, 0.717) is 5.56 Å². The van der Waals surface area contributed by atoms with Crippen molar-refractivity contribution in [2.75, 3.05) is 18.6 Å². The van der Waals surface area contributed by atoms with Crippen LogP contribution in [-0.2, 0) is 0 Å². The summed E-state index contributed by atoms with van der Waals surface area (Å²) < 4.78 is 5.68. The third-order valence-corrected chi connectivity index (χ3v) is 2.70. The van der Waals surface area contributed by atoms with Crippen molar-refractivity contribution in [1.82, 2.24) is 0 Å². The van der Waals surface area contributed by atoms with Gasteiger partial charge in [0.15, 0.2) is 0 Å². The number of ether oxygens (including phenoxy) is 1. The lowest BCUT2D eigenvalue weighted by atomic mass is 10.1. The molecular weight excluding hydrogens is 206 g/mol. The molecule has 3 heteroatoms. The number of benzene rings is 1. The Morgan fingerprint density at radius 3 is 2.40 bits per heavy atom. The standard InChI is InChI=1S/C12H15NOS/c1-9-6-11(8-13)7-10(2)12(9)14-4-5-15-3/h6-7H,4-5H2,1-3H3. The highest BCUT2D eigenvalue weighted by Gasteiger charge is 2.05. The summed E-state index contributed by atoms with van der Waals surface area (Å²) >= 11 is 1.76. The summed E-state index contributed by atoms with van der Waals surface area (Å²) in [6.07, 6.45) is 2.06. The van der Waals surface area contributed by atoms with Crippen molar-refractivity contribution in [3.05, 3.63) is 28.8 Å². The van der Waals surface area contributed by atoms with E-state index in [1.807, 2.05) is 26.0 Å². The molecule has 2 nitrogen and oxygen atoms in total. The maximum atomic E-state index is 8.80. The van der Waals surface area contributed by atoms with E-state index in [2.05, 4.69) is 12.3 Å². The molecule has 80 valence electrons. The highest BCUT2D eigenvalue weighted by Crippen LogP contribution is 2.24. The van der Waals surface area contributed by atoms with Crippen molar-refractivity contribution in [3.8, 4) is 11.8 Å². The average molecular weight is 221 g/mol. The predicted octanol–water partition coefficient (Wildman–Crippen LogP) is 2.92. The number of nitrogens with zero attached hydrogens (tertiary/aromatic N) is 1. The average Bonchev–Trinajstić information content (AvgIpc) is 2.22. The van der Waals surface area contributed by atoms with Gasteiger partial charge < -0.3 is 4.74 Å². The van der Waals surface area contributed by atoms with Gasteiger partial charge in [-0.1, -0.05) is 0 Å². The van der Waals surface area contributed by atoms with Crippen molar-refractivity contribution in [2.24, 2.45) is 0 Å². The summed E-state index contributed by atoms with van der Waals surface area (Å²) in [6.45, 7) is 4.67. The molecule has 0 saturated carbocycles. The molecule has 0 saturated heterocycles. The minimum absolute atomic E-state index is 0.696. The highest BCUT2D eigenvalue weighted by molar-refractivity contribution is 7.98. The zero-order chi connectivity index (χ0) is 11.3. The van der Waals surface area contributed by atoms with Gasteiger partial charge in [-0.05, 0) is 43.4 Å². The number of hydrogen-bond acceptors (Lipinski definition) is 3. The third kappa shape index (κ3) is 3.17. The van der Waals surface area contributed by atoms with Gasteiger partial charge in [-0.3, -0.25) is 0 Å². The van der Waals surface area contributed by atoms with Gasteiger partial charge in [0.1, 0.15) is 5.75 Å². The quantitative estimate of drug-likeness (QED) is 0.733. The lowest BCUT2D eigenvalue weighted by Gasteiger charge is -2.11. The molecule has 0 heterocycles. The van der Waals surface area contributed by atoms with E-state index in [1.54, 1.807) is 11.8 Å². The maximum Gasteiger partial charge on any atom is 0.125 e. The fourth-order valence-corrected chi connectivity index (χ4v) is 1.72. The Balaban J connectivity index is 2.85. The summed E-state index contributed by atoms with van der Waals surface area (Å²) in [5.41, 5.74) is 2.77. The lowest BCUT2D eigenvalue weighted by molar-refractivity contribution is 0.339. The second-order valence-electron chi connectivity index (χ2n) is 3.39. The molecular formula is C12H15NOS. The molecule has 0 aromatic heterocycles. The van der Waals surface area contributed by atoms with Crippen LogP contribution in [0, 0.1) is 25.2 Å². The van der Waals surface area contributed by atoms with Gasteiger partial charge in [0, 0.05) is 5.75 Å². The van der Waals surface area contributed by atoms with Crippen LogP contribution in [0.25, 0.3) is 0 Å². The Hall–Kier alpha value is -1.14. The summed E-state index contributed by atoms with van der Waals surface area (Å²) in [5.74, 6) is 1.90. The second kappa shape index (κ2) is 5.67. The van der Waals surface area contributed by atoms with E-state index in [4.69, 9.17) is 10.00 Å². The van der Waals surface area contributed by atoms with Crippen molar-refractivity contribution in [1.29, 1.82) is 5.26 Å². The SMILES string of the molecule is CSCCOc1c(C)cc(C#N)cc1C. The Morgan fingerprint density at radius 2 is 1.93 bits per heavy atom. The monoisotopic (exact) mass is 221 g/mol. The fraction of sp³-hybridized carbons (Fsp3) is 0.417. The molecule has 0 radical (unpaired) electrons. The van der Waals surface area contributed by atoms with Gasteiger partial charge in [-0.15, -0.1) is 0 Å². The summed E-state index contributed by atoms with van der Waals surface area (Å²) in [6, 6.07) is 5.87. The van der Waals surface area contributed by atoms with Gasteiger partial charge in [-0.2, -0.15) is 17.0 Å². The minimum atomic E-state index is 0.696. The van der Waals surface area contributed by atoms with Gasteiger partial charge in [0.25, 0.3) is 0 Å². The van der Waals surface area contributed by atoms with Gasteiger partial charge in [0.05, 0.1) is 18.2 Å². The molecule has 1 aromatic carbocycles. The van der Waals surface area contributed by atoms with Crippen LogP contribution in [0.15, 0.2) is 12.1 Å². The smallest absolute Gasteiger partial charge is 0.125 e. The largest absolute Gasteiger partial charge is 0.492 e. The highest BCUT2D eigenvalue weighted by atomic mass is 32.2. The van der Waals surface area contributed by atoms with Crippen molar-refractivity contribution in [3.63, 3.8) is 0 Å². The molecule has 15 heavy (non-hydrogen) atoms. The van der Waals surface area contributed by atoms with Crippen molar-refractivity contribution in [2.45, 2.75) is 13.8 Å². The van der Waals surface area contributed by atoms with Crippen LogP contribution in [0.4, 0.5) is 0 Å². The van der Waals surface area contributed by atoms with Crippen LogP contribution in [0.3, 0.4) is 0 Å². The first-order valence-electron chi connectivity index (χ1n) is 4.82. The summed E-state index contributed by atoms with van der Waals surface area (Å²) in [5, 5.41) is 8.80. The van der Waals surface area contributed by atoms with Crippen LogP contribution in [-0.4, -0.2) is 18.6 Å². The molecule has 0 amide bonds. The van der Waals surface area contributed by atoms with Crippen molar-refractivity contribution < 1.29 is 4.74 Å². The Bertz CT molecular complexity index is 359. The number of hydrogen-bond donors (Lipinski definition) is 0. The Labute approximate surface area is 95.3 Å². The van der Waals surface area contributed by atoms with Gasteiger partial charge in [0.2, 0.25) is 0 Å². The molecule has 1 aromatic rings. The second-order valence-corrected chi connectivity index (χ2v) is 4.38. The molecule has 0 aliphatic rings. The topological polar surface area (TPSA) is 33.0 Å².